The Morgan fingerprint density at radius 1 is 1.67 bits per heavy atom. The number of aliphatic hydroxyl groups is 1. The number of aromatic amines is 1. The van der Waals surface area contributed by atoms with Crippen molar-refractivity contribution >= 4 is 0 Å². The van der Waals surface area contributed by atoms with E-state index in [0.717, 1.165) is 18.8 Å². The lowest BCUT2D eigenvalue weighted by Crippen LogP contribution is -2.34. The minimum Gasteiger partial charge on any atom is -0.388 e. The predicted octanol–water partition coefficient (Wildman–Crippen LogP) is -0.928. The third kappa shape index (κ3) is 1.46. The van der Waals surface area contributed by atoms with Gasteiger partial charge in [-0.15, -0.1) is 0 Å². The lowest BCUT2D eigenvalue weighted by Gasteiger charge is -2.18. The fraction of sp³-hybridized carbons (Fsp3) is 0.714. The van der Waals surface area contributed by atoms with Crippen LogP contribution in [0, 0.1) is 0 Å². The molecular weight excluding hydrogens is 156 g/mol. The van der Waals surface area contributed by atoms with Gasteiger partial charge in [-0.05, 0) is 13.0 Å². The third-order valence-electron chi connectivity index (χ3n) is 2.18. The summed E-state index contributed by atoms with van der Waals surface area (Å²) in [4.78, 5) is 3.97. The van der Waals surface area contributed by atoms with Crippen LogP contribution in [0.5, 0.6) is 0 Å². The monoisotopic (exact) mass is 168 g/mol. The Hall–Kier alpha value is -0.940. The van der Waals surface area contributed by atoms with Gasteiger partial charge in [0.25, 0.3) is 0 Å². The number of rotatable bonds is 2. The van der Waals surface area contributed by atoms with Gasteiger partial charge >= 0.3 is 0 Å². The van der Waals surface area contributed by atoms with Crippen LogP contribution in [0.25, 0.3) is 0 Å². The number of hydrogen-bond donors (Lipinski definition) is 3. The number of nitrogens with one attached hydrogen (secondary N) is 2. The molecule has 1 atom stereocenters. The average Bonchev–Trinajstić information content (AvgIpc) is 2.62. The van der Waals surface area contributed by atoms with Crippen LogP contribution in [0.3, 0.4) is 0 Å². The van der Waals surface area contributed by atoms with Crippen molar-refractivity contribution in [1.82, 2.24) is 20.5 Å². The minimum atomic E-state index is -0.625. The van der Waals surface area contributed by atoms with Gasteiger partial charge in [0.05, 0.1) is 5.60 Å². The summed E-state index contributed by atoms with van der Waals surface area (Å²) >= 11 is 0. The van der Waals surface area contributed by atoms with Crippen LogP contribution in [0.4, 0.5) is 0 Å². The van der Waals surface area contributed by atoms with Gasteiger partial charge < -0.3 is 10.4 Å². The Balaban J connectivity index is 2.02. The highest BCUT2D eigenvalue weighted by Gasteiger charge is 2.31. The van der Waals surface area contributed by atoms with Gasteiger partial charge in [0.15, 0.2) is 0 Å². The summed E-state index contributed by atoms with van der Waals surface area (Å²) in [6, 6.07) is 0. The third-order valence-corrected chi connectivity index (χ3v) is 2.18. The normalized spacial score (nSPS) is 29.4. The molecule has 0 radical (unpaired) electrons. The molecular formula is C7H12N4O. The summed E-state index contributed by atoms with van der Waals surface area (Å²) in [5.74, 6) is 0.751. The topological polar surface area (TPSA) is 73.8 Å². The zero-order valence-corrected chi connectivity index (χ0v) is 6.75. The van der Waals surface area contributed by atoms with Crippen molar-refractivity contribution in [1.29, 1.82) is 0 Å². The first-order valence-corrected chi connectivity index (χ1v) is 4.06. The van der Waals surface area contributed by atoms with Gasteiger partial charge in [0.1, 0.15) is 12.2 Å². The summed E-state index contributed by atoms with van der Waals surface area (Å²) in [5, 5.41) is 19.5. The van der Waals surface area contributed by atoms with E-state index in [-0.39, 0.29) is 0 Å². The highest BCUT2D eigenvalue weighted by molar-refractivity contribution is 4.96. The molecule has 1 fully saturated rings. The van der Waals surface area contributed by atoms with Crippen LogP contribution in [0.2, 0.25) is 0 Å². The molecule has 1 aliphatic rings. The van der Waals surface area contributed by atoms with Crippen LogP contribution in [-0.2, 0) is 6.42 Å². The maximum absolute atomic E-state index is 9.91. The minimum absolute atomic E-state index is 0.556. The Kier molecular flexibility index (Phi) is 1.82. The molecule has 0 aromatic carbocycles. The Bertz CT molecular complexity index is 240. The second-order valence-electron chi connectivity index (χ2n) is 3.26. The Morgan fingerprint density at radius 3 is 3.17 bits per heavy atom. The van der Waals surface area contributed by atoms with Gasteiger partial charge in [-0.2, -0.15) is 5.10 Å². The van der Waals surface area contributed by atoms with Gasteiger partial charge in [0, 0.05) is 13.0 Å². The predicted molar refractivity (Wildman–Crippen MR) is 42.5 cm³/mol. The van der Waals surface area contributed by atoms with Crippen molar-refractivity contribution in [3.63, 3.8) is 0 Å². The van der Waals surface area contributed by atoms with Crippen molar-refractivity contribution in [2.75, 3.05) is 13.1 Å². The van der Waals surface area contributed by atoms with Crippen LogP contribution in [-0.4, -0.2) is 39.0 Å². The lowest BCUT2D eigenvalue weighted by molar-refractivity contribution is 0.0599. The molecule has 5 heteroatoms. The van der Waals surface area contributed by atoms with E-state index in [1.807, 2.05) is 0 Å². The van der Waals surface area contributed by atoms with Crippen molar-refractivity contribution < 1.29 is 5.11 Å². The van der Waals surface area contributed by atoms with E-state index in [4.69, 9.17) is 0 Å². The van der Waals surface area contributed by atoms with Crippen molar-refractivity contribution in [3.8, 4) is 0 Å². The SMILES string of the molecule is OC1(Cc2ncn[nH]2)CCNC1. The van der Waals surface area contributed by atoms with Crippen LogP contribution >= 0.6 is 0 Å². The molecule has 66 valence electrons. The fourth-order valence-electron chi connectivity index (χ4n) is 1.51. The zero-order valence-electron chi connectivity index (χ0n) is 6.75. The molecule has 1 unspecified atom stereocenters. The summed E-state index contributed by atoms with van der Waals surface area (Å²) < 4.78 is 0. The zero-order chi connectivity index (χ0) is 8.44. The first-order valence-electron chi connectivity index (χ1n) is 4.06. The van der Waals surface area contributed by atoms with E-state index < -0.39 is 5.60 Å². The van der Waals surface area contributed by atoms with Crippen LogP contribution in [0.15, 0.2) is 6.33 Å². The van der Waals surface area contributed by atoms with E-state index in [1.165, 1.54) is 6.33 Å². The first kappa shape index (κ1) is 7.70. The van der Waals surface area contributed by atoms with Crippen molar-refractivity contribution in [2.24, 2.45) is 0 Å². The van der Waals surface area contributed by atoms with Crippen molar-refractivity contribution in [2.45, 2.75) is 18.4 Å². The maximum atomic E-state index is 9.91. The number of hydrogen-bond acceptors (Lipinski definition) is 4. The largest absolute Gasteiger partial charge is 0.388 e. The van der Waals surface area contributed by atoms with E-state index in [0.29, 0.717) is 13.0 Å². The maximum Gasteiger partial charge on any atom is 0.137 e. The highest BCUT2D eigenvalue weighted by Crippen LogP contribution is 2.17. The molecule has 5 nitrogen and oxygen atoms in total. The molecule has 1 aromatic rings. The Morgan fingerprint density at radius 2 is 2.58 bits per heavy atom. The number of aromatic nitrogens is 3. The first-order chi connectivity index (χ1) is 5.79. The second-order valence-corrected chi connectivity index (χ2v) is 3.26. The molecule has 3 N–H and O–H groups in total. The molecule has 0 aliphatic carbocycles. The van der Waals surface area contributed by atoms with E-state index in [1.54, 1.807) is 0 Å². The lowest BCUT2D eigenvalue weighted by atomic mass is 9.99. The molecule has 1 aromatic heterocycles. The highest BCUT2D eigenvalue weighted by atomic mass is 16.3. The Labute approximate surface area is 70.2 Å². The van der Waals surface area contributed by atoms with Gasteiger partial charge in [-0.25, -0.2) is 4.98 Å². The molecule has 1 saturated heterocycles. The van der Waals surface area contributed by atoms with Crippen LogP contribution < -0.4 is 5.32 Å². The van der Waals surface area contributed by atoms with E-state index in [2.05, 4.69) is 20.5 Å². The van der Waals surface area contributed by atoms with E-state index in [9.17, 15) is 5.11 Å². The number of nitrogens with zero attached hydrogens (tertiary/aromatic N) is 2. The summed E-state index contributed by atoms with van der Waals surface area (Å²) in [6.07, 6.45) is 2.80. The smallest absolute Gasteiger partial charge is 0.137 e. The second kappa shape index (κ2) is 2.84. The molecule has 0 spiro atoms. The fourth-order valence-corrected chi connectivity index (χ4v) is 1.51. The summed E-state index contributed by atoms with van der Waals surface area (Å²) in [7, 11) is 0. The van der Waals surface area contributed by atoms with Gasteiger partial charge in [-0.3, -0.25) is 5.10 Å². The van der Waals surface area contributed by atoms with Gasteiger partial charge in [-0.1, -0.05) is 0 Å². The van der Waals surface area contributed by atoms with Crippen molar-refractivity contribution in [3.05, 3.63) is 12.2 Å². The quantitative estimate of drug-likeness (QED) is 0.533. The molecule has 2 rings (SSSR count). The molecule has 2 heterocycles. The summed E-state index contributed by atoms with van der Waals surface area (Å²) in [5.41, 5.74) is -0.625. The average molecular weight is 168 g/mol. The molecule has 0 amide bonds. The number of β-amino-alcohol motifs (C(OH)–C–C–N with tert-alkyl or cyclic N) is 1. The molecule has 1 aliphatic heterocycles. The molecule has 0 saturated carbocycles. The van der Waals surface area contributed by atoms with E-state index >= 15 is 0 Å². The van der Waals surface area contributed by atoms with Gasteiger partial charge in [0.2, 0.25) is 0 Å². The standard InChI is InChI=1S/C7H12N4O/c12-7(1-2-8-4-7)3-6-9-5-10-11-6/h5,8,12H,1-4H2,(H,9,10,11). The van der Waals surface area contributed by atoms with Crippen LogP contribution in [0.1, 0.15) is 12.2 Å². The molecule has 12 heavy (non-hydrogen) atoms. The summed E-state index contributed by atoms with van der Waals surface area (Å²) in [6.45, 7) is 1.53. The number of H-pyrrole nitrogens is 1. The molecule has 0 bridgehead atoms.